The summed E-state index contributed by atoms with van der Waals surface area (Å²) in [5.41, 5.74) is 0.129. The molecule has 1 N–H and O–H groups in total. The van der Waals surface area contributed by atoms with Gasteiger partial charge in [0.1, 0.15) is 11.3 Å². The molecule has 0 aliphatic carbocycles. The number of nitrogens with one attached hydrogen (secondary N) is 1. The van der Waals surface area contributed by atoms with Gasteiger partial charge in [-0.1, -0.05) is 19.1 Å². The Labute approximate surface area is 157 Å². The van der Waals surface area contributed by atoms with Gasteiger partial charge in [0.15, 0.2) is 5.82 Å². The van der Waals surface area contributed by atoms with Crippen molar-refractivity contribution >= 4 is 11.9 Å². The zero-order valence-corrected chi connectivity index (χ0v) is 15.8. The normalized spacial score (nSPS) is 19.4. The molecule has 1 fully saturated rings. The van der Waals surface area contributed by atoms with Crippen LogP contribution in [0.2, 0.25) is 0 Å². The first-order valence-corrected chi connectivity index (χ1v) is 8.99. The number of rotatable bonds is 8. The molecule has 1 aliphatic heterocycles. The minimum atomic E-state index is -0.944. The summed E-state index contributed by atoms with van der Waals surface area (Å²) in [6, 6.07) is 7.27. The van der Waals surface area contributed by atoms with E-state index in [1.165, 1.54) is 4.90 Å². The van der Waals surface area contributed by atoms with E-state index in [9.17, 15) is 9.59 Å². The van der Waals surface area contributed by atoms with Gasteiger partial charge in [0, 0.05) is 6.54 Å². The van der Waals surface area contributed by atoms with Gasteiger partial charge >= 0.3 is 6.03 Å². The Hall–Kier alpha value is -2.97. The highest BCUT2D eigenvalue weighted by Crippen LogP contribution is 2.25. The predicted octanol–water partition coefficient (Wildman–Crippen LogP) is 1.53. The lowest BCUT2D eigenvalue weighted by molar-refractivity contribution is -0.131. The van der Waals surface area contributed by atoms with Gasteiger partial charge in [-0.25, -0.2) is 9.48 Å². The van der Waals surface area contributed by atoms with E-state index in [2.05, 4.69) is 20.8 Å². The van der Waals surface area contributed by atoms with Gasteiger partial charge in [0.05, 0.1) is 13.7 Å². The van der Waals surface area contributed by atoms with Crippen molar-refractivity contribution in [1.29, 1.82) is 0 Å². The van der Waals surface area contributed by atoms with Crippen LogP contribution in [0.4, 0.5) is 4.79 Å². The molecule has 2 heterocycles. The fraction of sp³-hybridized carbons (Fsp3) is 0.500. The van der Waals surface area contributed by atoms with E-state index in [1.807, 2.05) is 31.2 Å². The smallest absolute Gasteiger partial charge is 0.325 e. The van der Waals surface area contributed by atoms with Crippen LogP contribution in [0.15, 0.2) is 24.3 Å². The molecule has 0 spiro atoms. The van der Waals surface area contributed by atoms with E-state index in [-0.39, 0.29) is 12.5 Å². The summed E-state index contributed by atoms with van der Waals surface area (Å²) in [6.45, 7) is 4.47. The largest absolute Gasteiger partial charge is 0.497 e. The third-order valence-electron chi connectivity index (χ3n) is 4.76. The number of amides is 3. The number of urea groups is 1. The third kappa shape index (κ3) is 3.91. The lowest BCUT2D eigenvalue weighted by Crippen LogP contribution is -2.44. The number of imide groups is 1. The topological polar surface area (TPSA) is 102 Å². The summed E-state index contributed by atoms with van der Waals surface area (Å²) in [4.78, 5) is 26.5. The first kappa shape index (κ1) is 18.8. The molecule has 2 aromatic rings. The van der Waals surface area contributed by atoms with Crippen molar-refractivity contribution < 1.29 is 14.3 Å². The first-order chi connectivity index (χ1) is 13.0. The second kappa shape index (κ2) is 7.73. The molecule has 1 aromatic heterocycles. The molecule has 0 radical (unpaired) electrons. The van der Waals surface area contributed by atoms with Crippen LogP contribution in [0.25, 0.3) is 0 Å². The number of aryl methyl sites for hydroxylation is 2. The van der Waals surface area contributed by atoms with Gasteiger partial charge in [0.2, 0.25) is 0 Å². The van der Waals surface area contributed by atoms with Crippen LogP contribution in [-0.4, -0.2) is 49.7 Å². The van der Waals surface area contributed by atoms with Gasteiger partial charge in [-0.2, -0.15) is 0 Å². The monoisotopic (exact) mass is 372 g/mol. The number of benzene rings is 1. The molecule has 0 saturated carbocycles. The van der Waals surface area contributed by atoms with Gasteiger partial charge in [-0.3, -0.25) is 9.69 Å². The summed E-state index contributed by atoms with van der Waals surface area (Å²) in [5.74, 6) is 1.03. The highest BCUT2D eigenvalue weighted by molar-refractivity contribution is 6.06. The lowest BCUT2D eigenvalue weighted by atomic mass is 9.93. The fourth-order valence-electron chi connectivity index (χ4n) is 3.11. The number of ether oxygens (including phenoxy) is 1. The van der Waals surface area contributed by atoms with E-state index in [1.54, 1.807) is 18.7 Å². The van der Waals surface area contributed by atoms with Crippen LogP contribution in [0.5, 0.6) is 5.75 Å². The summed E-state index contributed by atoms with van der Waals surface area (Å²) >= 11 is 0. The van der Waals surface area contributed by atoms with Gasteiger partial charge in [-0.15, -0.1) is 5.10 Å². The van der Waals surface area contributed by atoms with Gasteiger partial charge in [-0.05, 0) is 54.3 Å². The van der Waals surface area contributed by atoms with Crippen molar-refractivity contribution in [3.05, 3.63) is 35.7 Å². The molecule has 9 heteroatoms. The number of hydrogen-bond acceptors (Lipinski definition) is 6. The number of tetrazole rings is 1. The molecule has 3 amide bonds. The zero-order chi connectivity index (χ0) is 19.4. The molecule has 27 heavy (non-hydrogen) atoms. The van der Waals surface area contributed by atoms with E-state index in [4.69, 9.17) is 4.74 Å². The number of aromatic nitrogens is 4. The SMILES string of the molecule is CCCn1nnnc1CN1C(=O)N[C@](C)(CCc2ccc(OC)cc2)C1=O. The van der Waals surface area contributed by atoms with Crippen molar-refractivity contribution in [2.24, 2.45) is 0 Å². The van der Waals surface area contributed by atoms with Crippen molar-refractivity contribution in [2.75, 3.05) is 7.11 Å². The third-order valence-corrected chi connectivity index (χ3v) is 4.76. The average Bonchev–Trinajstić information content (AvgIpc) is 3.19. The highest BCUT2D eigenvalue weighted by Gasteiger charge is 2.47. The zero-order valence-electron chi connectivity index (χ0n) is 15.8. The summed E-state index contributed by atoms with van der Waals surface area (Å²) in [6.07, 6.45) is 2.02. The maximum Gasteiger partial charge on any atom is 0.325 e. The van der Waals surface area contributed by atoms with E-state index < -0.39 is 11.6 Å². The summed E-state index contributed by atoms with van der Waals surface area (Å²) < 4.78 is 6.77. The molecule has 1 aromatic carbocycles. The number of carbonyl (C=O) groups is 2. The van der Waals surface area contributed by atoms with Crippen LogP contribution >= 0.6 is 0 Å². The summed E-state index contributed by atoms with van der Waals surface area (Å²) in [7, 11) is 1.62. The van der Waals surface area contributed by atoms with Crippen LogP contribution in [0.3, 0.4) is 0 Å². The van der Waals surface area contributed by atoms with E-state index in [0.29, 0.717) is 25.2 Å². The van der Waals surface area contributed by atoms with Crippen LogP contribution in [0, 0.1) is 0 Å². The standard InChI is InChI=1S/C18H24N6O3/c1-4-11-24-15(20-21-22-24)12-23-16(25)18(2,19-17(23)26)10-9-13-5-7-14(27-3)8-6-13/h5-8H,4,9-12H2,1-3H3,(H,19,26)/t18-/m1/s1. The molecular formula is C18H24N6O3. The highest BCUT2D eigenvalue weighted by atomic mass is 16.5. The Morgan fingerprint density at radius 2 is 1.96 bits per heavy atom. The van der Waals surface area contributed by atoms with Crippen LogP contribution in [0.1, 0.15) is 38.1 Å². The molecule has 1 aliphatic rings. The Bertz CT molecular complexity index is 819. The Morgan fingerprint density at radius 1 is 1.22 bits per heavy atom. The van der Waals surface area contributed by atoms with Crippen molar-refractivity contribution in [2.45, 2.75) is 51.7 Å². The van der Waals surface area contributed by atoms with E-state index >= 15 is 0 Å². The number of carbonyl (C=O) groups excluding carboxylic acids is 2. The van der Waals surface area contributed by atoms with Crippen molar-refractivity contribution in [3.8, 4) is 5.75 Å². The molecule has 1 atom stereocenters. The quantitative estimate of drug-likeness (QED) is 0.705. The second-order valence-electron chi connectivity index (χ2n) is 6.82. The summed E-state index contributed by atoms with van der Waals surface area (Å²) in [5, 5.41) is 14.3. The number of nitrogens with zero attached hydrogens (tertiary/aromatic N) is 5. The van der Waals surface area contributed by atoms with Crippen molar-refractivity contribution in [1.82, 2.24) is 30.4 Å². The second-order valence-corrected chi connectivity index (χ2v) is 6.82. The molecule has 0 bridgehead atoms. The van der Waals surface area contributed by atoms with Crippen LogP contribution < -0.4 is 10.1 Å². The first-order valence-electron chi connectivity index (χ1n) is 8.99. The minimum absolute atomic E-state index is 0.0653. The molecule has 3 rings (SSSR count). The number of methoxy groups -OCH3 is 1. The average molecular weight is 372 g/mol. The van der Waals surface area contributed by atoms with Crippen molar-refractivity contribution in [3.63, 3.8) is 0 Å². The van der Waals surface area contributed by atoms with Gasteiger partial charge in [0.25, 0.3) is 5.91 Å². The fourth-order valence-corrected chi connectivity index (χ4v) is 3.11. The Morgan fingerprint density at radius 3 is 2.63 bits per heavy atom. The molecule has 144 valence electrons. The van der Waals surface area contributed by atoms with E-state index in [0.717, 1.165) is 17.7 Å². The lowest BCUT2D eigenvalue weighted by Gasteiger charge is -2.21. The minimum Gasteiger partial charge on any atom is -0.497 e. The number of hydrogen-bond donors (Lipinski definition) is 1. The Balaban J connectivity index is 1.67. The maximum absolute atomic E-state index is 12.9. The molecule has 9 nitrogen and oxygen atoms in total. The Kier molecular flexibility index (Phi) is 5.38. The van der Waals surface area contributed by atoms with Gasteiger partial charge < -0.3 is 10.1 Å². The predicted molar refractivity (Wildman–Crippen MR) is 96.9 cm³/mol. The molecule has 1 saturated heterocycles. The maximum atomic E-state index is 12.9. The molecular weight excluding hydrogens is 348 g/mol. The molecule has 0 unspecified atom stereocenters. The van der Waals surface area contributed by atoms with Crippen LogP contribution in [-0.2, 0) is 24.3 Å².